The fourth-order valence-corrected chi connectivity index (χ4v) is 1.96. The molecule has 0 heterocycles. The summed E-state index contributed by atoms with van der Waals surface area (Å²) < 4.78 is 26.3. The molecule has 0 fully saturated rings. The standard InChI is InChI=1S/C14H20F2N2O2/c1-9(19)7-14(2,3)8-17-13(20)18-11-6-4-5-10(15)12(11)16/h4-6,9,19H,7-8H2,1-3H3,(H2,17,18,20). The monoisotopic (exact) mass is 286 g/mol. The van der Waals surface area contributed by atoms with Crippen LogP contribution in [0.25, 0.3) is 0 Å². The first kappa shape index (κ1) is 16.4. The third-order valence-corrected chi connectivity index (χ3v) is 2.78. The minimum Gasteiger partial charge on any atom is -0.393 e. The zero-order valence-corrected chi connectivity index (χ0v) is 11.8. The van der Waals surface area contributed by atoms with Crippen LogP contribution < -0.4 is 10.6 Å². The molecule has 2 amide bonds. The van der Waals surface area contributed by atoms with Gasteiger partial charge in [-0.2, -0.15) is 0 Å². The predicted molar refractivity (Wildman–Crippen MR) is 73.5 cm³/mol. The number of amides is 2. The van der Waals surface area contributed by atoms with Gasteiger partial charge in [0.05, 0.1) is 11.8 Å². The van der Waals surface area contributed by atoms with Crippen molar-refractivity contribution >= 4 is 11.7 Å². The number of benzene rings is 1. The van der Waals surface area contributed by atoms with Crippen molar-refractivity contribution in [2.75, 3.05) is 11.9 Å². The second-order valence-electron chi connectivity index (χ2n) is 5.63. The van der Waals surface area contributed by atoms with Crippen molar-refractivity contribution in [3.8, 4) is 0 Å². The summed E-state index contributed by atoms with van der Waals surface area (Å²) >= 11 is 0. The number of nitrogens with one attached hydrogen (secondary N) is 2. The van der Waals surface area contributed by atoms with E-state index in [1.54, 1.807) is 6.92 Å². The normalized spacial score (nSPS) is 12.9. The second-order valence-corrected chi connectivity index (χ2v) is 5.63. The van der Waals surface area contributed by atoms with E-state index in [9.17, 15) is 18.7 Å². The summed E-state index contributed by atoms with van der Waals surface area (Å²) in [7, 11) is 0. The van der Waals surface area contributed by atoms with E-state index in [2.05, 4.69) is 10.6 Å². The lowest BCUT2D eigenvalue weighted by Crippen LogP contribution is -2.38. The van der Waals surface area contributed by atoms with Crippen LogP contribution in [-0.4, -0.2) is 23.8 Å². The predicted octanol–water partition coefficient (Wildman–Crippen LogP) is 2.88. The summed E-state index contributed by atoms with van der Waals surface area (Å²) in [5, 5.41) is 14.2. The molecule has 1 aromatic carbocycles. The molecule has 0 saturated heterocycles. The Morgan fingerprint density at radius 1 is 1.40 bits per heavy atom. The Bertz CT molecular complexity index is 476. The lowest BCUT2D eigenvalue weighted by molar-refractivity contribution is 0.129. The number of hydrogen-bond acceptors (Lipinski definition) is 2. The van der Waals surface area contributed by atoms with Gasteiger partial charge in [0.2, 0.25) is 0 Å². The van der Waals surface area contributed by atoms with E-state index in [1.807, 2.05) is 13.8 Å². The molecule has 0 saturated carbocycles. The third kappa shape index (κ3) is 5.13. The van der Waals surface area contributed by atoms with E-state index >= 15 is 0 Å². The number of carbonyl (C=O) groups is 1. The molecule has 0 spiro atoms. The highest BCUT2D eigenvalue weighted by Crippen LogP contribution is 2.21. The van der Waals surface area contributed by atoms with Crippen LogP contribution in [0.5, 0.6) is 0 Å². The van der Waals surface area contributed by atoms with Crippen LogP contribution in [0.3, 0.4) is 0 Å². The summed E-state index contributed by atoms with van der Waals surface area (Å²) in [5.41, 5.74) is -0.512. The number of aliphatic hydroxyl groups is 1. The zero-order valence-electron chi connectivity index (χ0n) is 11.8. The van der Waals surface area contributed by atoms with Gasteiger partial charge < -0.3 is 15.7 Å². The number of urea groups is 1. The molecular formula is C14H20F2N2O2. The Labute approximate surface area is 117 Å². The quantitative estimate of drug-likeness (QED) is 0.779. The Morgan fingerprint density at radius 2 is 2.05 bits per heavy atom. The molecule has 3 N–H and O–H groups in total. The largest absolute Gasteiger partial charge is 0.393 e. The molecule has 1 aromatic rings. The van der Waals surface area contributed by atoms with Crippen molar-refractivity contribution in [3.63, 3.8) is 0 Å². The molecule has 0 bridgehead atoms. The summed E-state index contributed by atoms with van der Waals surface area (Å²) in [6, 6.07) is 2.95. The van der Waals surface area contributed by atoms with Gasteiger partial charge in [0.25, 0.3) is 0 Å². The molecule has 4 nitrogen and oxygen atoms in total. The highest BCUT2D eigenvalue weighted by Gasteiger charge is 2.21. The van der Waals surface area contributed by atoms with Crippen LogP contribution in [0.2, 0.25) is 0 Å². The van der Waals surface area contributed by atoms with Crippen molar-refractivity contribution in [3.05, 3.63) is 29.8 Å². The number of halogens is 2. The Morgan fingerprint density at radius 3 is 2.65 bits per heavy atom. The van der Waals surface area contributed by atoms with Crippen LogP contribution in [0.15, 0.2) is 18.2 Å². The average molecular weight is 286 g/mol. The maximum Gasteiger partial charge on any atom is 0.319 e. The summed E-state index contributed by atoms with van der Waals surface area (Å²) in [4.78, 5) is 11.6. The minimum atomic E-state index is -1.09. The number of anilines is 1. The number of hydrogen-bond donors (Lipinski definition) is 3. The smallest absolute Gasteiger partial charge is 0.319 e. The Balaban J connectivity index is 2.54. The zero-order chi connectivity index (χ0) is 15.3. The first-order valence-electron chi connectivity index (χ1n) is 6.38. The van der Waals surface area contributed by atoms with Gasteiger partial charge in [-0.3, -0.25) is 0 Å². The lowest BCUT2D eigenvalue weighted by Gasteiger charge is -2.26. The first-order valence-corrected chi connectivity index (χ1v) is 6.38. The molecule has 0 radical (unpaired) electrons. The molecule has 0 aromatic heterocycles. The topological polar surface area (TPSA) is 61.4 Å². The molecule has 0 aliphatic heterocycles. The second kappa shape index (κ2) is 6.65. The first-order chi connectivity index (χ1) is 9.21. The van der Waals surface area contributed by atoms with E-state index < -0.39 is 23.8 Å². The van der Waals surface area contributed by atoms with Crippen LogP contribution in [0, 0.1) is 17.0 Å². The molecule has 0 aliphatic rings. The van der Waals surface area contributed by atoms with Gasteiger partial charge in [-0.1, -0.05) is 19.9 Å². The van der Waals surface area contributed by atoms with Gasteiger partial charge in [-0.25, -0.2) is 13.6 Å². The molecule has 112 valence electrons. The van der Waals surface area contributed by atoms with E-state index in [0.717, 1.165) is 6.07 Å². The maximum absolute atomic E-state index is 13.4. The maximum atomic E-state index is 13.4. The van der Waals surface area contributed by atoms with Crippen molar-refractivity contribution in [1.29, 1.82) is 0 Å². The van der Waals surface area contributed by atoms with Crippen molar-refractivity contribution in [2.45, 2.75) is 33.3 Å². The van der Waals surface area contributed by atoms with Gasteiger partial charge in [0, 0.05) is 6.54 Å². The lowest BCUT2D eigenvalue weighted by atomic mass is 9.87. The van der Waals surface area contributed by atoms with Crippen LogP contribution in [-0.2, 0) is 0 Å². The van der Waals surface area contributed by atoms with Gasteiger partial charge in [-0.15, -0.1) is 0 Å². The molecule has 0 aliphatic carbocycles. The number of aliphatic hydroxyl groups excluding tert-OH is 1. The van der Waals surface area contributed by atoms with Gasteiger partial charge in [0.15, 0.2) is 11.6 Å². The fraction of sp³-hybridized carbons (Fsp3) is 0.500. The molecular weight excluding hydrogens is 266 g/mol. The van der Waals surface area contributed by atoms with E-state index in [0.29, 0.717) is 13.0 Å². The number of carbonyl (C=O) groups excluding carboxylic acids is 1. The van der Waals surface area contributed by atoms with Crippen LogP contribution in [0.4, 0.5) is 19.3 Å². The SMILES string of the molecule is CC(O)CC(C)(C)CNC(=O)Nc1cccc(F)c1F. The summed E-state index contributed by atoms with van der Waals surface area (Å²) in [5.74, 6) is -2.11. The van der Waals surface area contributed by atoms with E-state index in [-0.39, 0.29) is 11.1 Å². The van der Waals surface area contributed by atoms with Crippen LogP contribution in [0.1, 0.15) is 27.2 Å². The van der Waals surface area contributed by atoms with Crippen molar-refractivity contribution in [1.82, 2.24) is 5.32 Å². The van der Waals surface area contributed by atoms with Crippen molar-refractivity contribution < 1.29 is 18.7 Å². The number of rotatable bonds is 5. The molecule has 20 heavy (non-hydrogen) atoms. The van der Waals surface area contributed by atoms with Gasteiger partial charge in [0.1, 0.15) is 0 Å². The Kier molecular flexibility index (Phi) is 5.44. The van der Waals surface area contributed by atoms with E-state index in [4.69, 9.17) is 0 Å². The highest BCUT2D eigenvalue weighted by atomic mass is 19.2. The van der Waals surface area contributed by atoms with Gasteiger partial charge in [-0.05, 0) is 30.9 Å². The van der Waals surface area contributed by atoms with E-state index in [1.165, 1.54) is 12.1 Å². The molecule has 1 atom stereocenters. The average Bonchev–Trinajstić information content (AvgIpc) is 2.31. The molecule has 1 rings (SSSR count). The van der Waals surface area contributed by atoms with Crippen LogP contribution >= 0.6 is 0 Å². The third-order valence-electron chi connectivity index (χ3n) is 2.78. The van der Waals surface area contributed by atoms with Gasteiger partial charge >= 0.3 is 6.03 Å². The molecule has 6 heteroatoms. The molecule has 1 unspecified atom stereocenters. The Hall–Kier alpha value is -1.69. The minimum absolute atomic E-state index is 0.212. The summed E-state index contributed by atoms with van der Waals surface area (Å²) in [6.45, 7) is 5.76. The summed E-state index contributed by atoms with van der Waals surface area (Å²) in [6.07, 6.45) is 0.0391. The van der Waals surface area contributed by atoms with Crippen molar-refractivity contribution in [2.24, 2.45) is 5.41 Å². The fourth-order valence-electron chi connectivity index (χ4n) is 1.96. The highest BCUT2D eigenvalue weighted by molar-refractivity contribution is 5.89.